The Bertz CT molecular complexity index is 640. The molecule has 1 aromatic carbocycles. The summed E-state index contributed by atoms with van der Waals surface area (Å²) >= 11 is 0. The van der Waals surface area contributed by atoms with Crippen molar-refractivity contribution in [3.63, 3.8) is 0 Å². The molecule has 0 amide bonds. The van der Waals surface area contributed by atoms with Crippen molar-refractivity contribution in [2.24, 2.45) is 0 Å². The summed E-state index contributed by atoms with van der Waals surface area (Å²) in [6, 6.07) is 10.1. The van der Waals surface area contributed by atoms with E-state index in [4.69, 9.17) is 4.74 Å². The van der Waals surface area contributed by atoms with Crippen molar-refractivity contribution < 1.29 is 4.74 Å². The molecule has 0 unspecified atom stereocenters. The van der Waals surface area contributed by atoms with E-state index in [1.165, 1.54) is 30.9 Å². The molecule has 0 radical (unpaired) electrons. The third-order valence-electron chi connectivity index (χ3n) is 4.93. The van der Waals surface area contributed by atoms with Gasteiger partial charge in [-0.1, -0.05) is 18.2 Å². The molecule has 2 aliphatic rings. The molecule has 0 saturated carbocycles. The Labute approximate surface area is 137 Å². The fourth-order valence-electron chi connectivity index (χ4n) is 3.75. The van der Waals surface area contributed by atoms with Crippen molar-refractivity contribution in [2.75, 3.05) is 26.2 Å². The highest BCUT2D eigenvalue weighted by Crippen LogP contribution is 2.28. The maximum atomic E-state index is 5.83. The second kappa shape index (κ2) is 6.71. The molecule has 0 N–H and O–H groups in total. The summed E-state index contributed by atoms with van der Waals surface area (Å²) in [4.78, 5) is 2.51. The van der Waals surface area contributed by atoms with Gasteiger partial charge in [-0.25, -0.2) is 0 Å². The lowest BCUT2D eigenvalue weighted by molar-refractivity contribution is 0.166. The van der Waals surface area contributed by atoms with Gasteiger partial charge in [0.25, 0.3) is 0 Å². The molecule has 0 aliphatic carbocycles. The summed E-state index contributed by atoms with van der Waals surface area (Å²) in [5.41, 5.74) is 0. The standard InChI is InChI=1S/C18H24N4O/c1-2-7-16(8-3-1)23-13-12-21-10-4-6-15(14-21)18-20-19-17-9-5-11-22(17)18/h1-3,7-8,15H,4-6,9-14H2/t15-/m0/s1. The molecular formula is C18H24N4O. The van der Waals surface area contributed by atoms with Gasteiger partial charge in [-0.15, -0.1) is 10.2 Å². The van der Waals surface area contributed by atoms with Gasteiger partial charge < -0.3 is 9.30 Å². The molecule has 1 fully saturated rings. The number of nitrogens with zero attached hydrogens (tertiary/aromatic N) is 4. The zero-order valence-corrected chi connectivity index (χ0v) is 13.5. The van der Waals surface area contributed by atoms with E-state index in [1.54, 1.807) is 0 Å². The molecule has 1 aromatic heterocycles. The number of ether oxygens (including phenoxy) is 1. The third kappa shape index (κ3) is 3.24. The van der Waals surface area contributed by atoms with E-state index in [9.17, 15) is 0 Å². The monoisotopic (exact) mass is 312 g/mol. The highest BCUT2D eigenvalue weighted by molar-refractivity contribution is 5.20. The molecule has 2 aliphatic heterocycles. The van der Waals surface area contributed by atoms with Gasteiger partial charge in [0.15, 0.2) is 0 Å². The molecule has 3 heterocycles. The normalized spacial score (nSPS) is 21.3. The van der Waals surface area contributed by atoms with Gasteiger partial charge in [-0.3, -0.25) is 4.90 Å². The Hall–Kier alpha value is -1.88. The molecule has 122 valence electrons. The first-order valence-electron chi connectivity index (χ1n) is 8.72. The van der Waals surface area contributed by atoms with Gasteiger partial charge in [-0.2, -0.15) is 0 Å². The van der Waals surface area contributed by atoms with Gasteiger partial charge in [0.1, 0.15) is 24.0 Å². The second-order valence-electron chi connectivity index (χ2n) is 6.53. The summed E-state index contributed by atoms with van der Waals surface area (Å²) in [7, 11) is 0. The number of aryl methyl sites for hydroxylation is 1. The number of piperidine rings is 1. The number of likely N-dealkylation sites (tertiary alicyclic amines) is 1. The lowest BCUT2D eigenvalue weighted by atomic mass is 9.97. The van der Waals surface area contributed by atoms with E-state index in [2.05, 4.69) is 19.7 Å². The SMILES string of the molecule is c1ccc(OCCN2CCC[C@H](c3nnc4n3CCC4)C2)cc1. The molecule has 23 heavy (non-hydrogen) atoms. The van der Waals surface area contributed by atoms with Crippen LogP contribution >= 0.6 is 0 Å². The summed E-state index contributed by atoms with van der Waals surface area (Å²) in [6.07, 6.45) is 4.78. The predicted molar refractivity (Wildman–Crippen MR) is 88.7 cm³/mol. The number of para-hydroxylation sites is 1. The van der Waals surface area contributed by atoms with Crippen LogP contribution < -0.4 is 4.74 Å². The zero-order valence-electron chi connectivity index (χ0n) is 13.5. The Kier molecular flexibility index (Phi) is 4.28. The van der Waals surface area contributed by atoms with Crippen molar-refractivity contribution in [1.82, 2.24) is 19.7 Å². The van der Waals surface area contributed by atoms with Crippen LogP contribution in [0.5, 0.6) is 5.75 Å². The molecule has 5 heteroatoms. The van der Waals surface area contributed by atoms with E-state index in [0.717, 1.165) is 45.0 Å². The van der Waals surface area contributed by atoms with Crippen LogP contribution in [0.25, 0.3) is 0 Å². The lowest BCUT2D eigenvalue weighted by Crippen LogP contribution is -2.37. The first kappa shape index (κ1) is 14.7. The predicted octanol–water partition coefficient (Wildman–Crippen LogP) is 2.48. The van der Waals surface area contributed by atoms with Crippen molar-refractivity contribution in [3.05, 3.63) is 42.0 Å². The van der Waals surface area contributed by atoms with Gasteiger partial charge in [0.2, 0.25) is 0 Å². The Morgan fingerprint density at radius 2 is 2.00 bits per heavy atom. The topological polar surface area (TPSA) is 43.2 Å². The number of hydrogen-bond acceptors (Lipinski definition) is 4. The van der Waals surface area contributed by atoms with Gasteiger partial charge in [0, 0.05) is 32.0 Å². The number of fused-ring (bicyclic) bond motifs is 1. The third-order valence-corrected chi connectivity index (χ3v) is 4.93. The van der Waals surface area contributed by atoms with Crippen LogP contribution in [-0.4, -0.2) is 45.9 Å². The minimum Gasteiger partial charge on any atom is -0.492 e. The van der Waals surface area contributed by atoms with E-state index in [0.29, 0.717) is 5.92 Å². The highest BCUT2D eigenvalue weighted by Gasteiger charge is 2.28. The second-order valence-corrected chi connectivity index (χ2v) is 6.53. The van der Waals surface area contributed by atoms with Crippen molar-refractivity contribution in [2.45, 2.75) is 38.1 Å². The molecule has 1 atom stereocenters. The van der Waals surface area contributed by atoms with E-state index in [1.807, 2.05) is 30.3 Å². The zero-order chi connectivity index (χ0) is 15.5. The minimum atomic E-state index is 0.528. The minimum absolute atomic E-state index is 0.528. The average molecular weight is 312 g/mol. The molecule has 4 rings (SSSR count). The number of aromatic nitrogens is 3. The largest absolute Gasteiger partial charge is 0.492 e. The fourth-order valence-corrected chi connectivity index (χ4v) is 3.75. The Balaban J connectivity index is 1.32. The molecule has 2 aromatic rings. The first-order valence-corrected chi connectivity index (χ1v) is 8.72. The van der Waals surface area contributed by atoms with E-state index >= 15 is 0 Å². The van der Waals surface area contributed by atoms with Crippen LogP contribution in [0.1, 0.15) is 36.8 Å². The van der Waals surface area contributed by atoms with Crippen molar-refractivity contribution in [1.29, 1.82) is 0 Å². The summed E-state index contributed by atoms with van der Waals surface area (Å²) in [5, 5.41) is 8.85. The Morgan fingerprint density at radius 1 is 1.09 bits per heavy atom. The summed E-state index contributed by atoms with van der Waals surface area (Å²) in [5.74, 6) is 3.88. The van der Waals surface area contributed by atoms with Gasteiger partial charge in [-0.05, 0) is 37.9 Å². The lowest BCUT2D eigenvalue weighted by Gasteiger charge is -2.32. The smallest absolute Gasteiger partial charge is 0.137 e. The summed E-state index contributed by atoms with van der Waals surface area (Å²) < 4.78 is 8.19. The fraction of sp³-hybridized carbons (Fsp3) is 0.556. The van der Waals surface area contributed by atoms with Crippen LogP contribution in [0.15, 0.2) is 30.3 Å². The number of rotatable bonds is 5. The first-order chi connectivity index (χ1) is 11.4. The van der Waals surface area contributed by atoms with Crippen LogP contribution in [-0.2, 0) is 13.0 Å². The van der Waals surface area contributed by atoms with Crippen LogP contribution in [0.4, 0.5) is 0 Å². The van der Waals surface area contributed by atoms with Gasteiger partial charge in [0.05, 0.1) is 0 Å². The number of hydrogen-bond donors (Lipinski definition) is 0. The van der Waals surface area contributed by atoms with Crippen LogP contribution in [0.2, 0.25) is 0 Å². The maximum Gasteiger partial charge on any atom is 0.137 e. The molecule has 0 spiro atoms. The molecule has 1 saturated heterocycles. The average Bonchev–Trinajstić information content (AvgIpc) is 3.19. The van der Waals surface area contributed by atoms with Gasteiger partial charge >= 0.3 is 0 Å². The molecule has 0 bridgehead atoms. The van der Waals surface area contributed by atoms with Crippen LogP contribution in [0, 0.1) is 0 Å². The Morgan fingerprint density at radius 3 is 2.91 bits per heavy atom. The van der Waals surface area contributed by atoms with Crippen LogP contribution in [0.3, 0.4) is 0 Å². The summed E-state index contributed by atoms with van der Waals surface area (Å²) in [6.45, 7) is 5.07. The van der Waals surface area contributed by atoms with Crippen molar-refractivity contribution >= 4 is 0 Å². The molecule has 5 nitrogen and oxygen atoms in total. The van der Waals surface area contributed by atoms with E-state index in [-0.39, 0.29) is 0 Å². The highest BCUT2D eigenvalue weighted by atomic mass is 16.5. The quantitative estimate of drug-likeness (QED) is 0.851. The van der Waals surface area contributed by atoms with E-state index < -0.39 is 0 Å². The number of benzene rings is 1. The van der Waals surface area contributed by atoms with Crippen molar-refractivity contribution in [3.8, 4) is 5.75 Å². The maximum absolute atomic E-state index is 5.83. The molecular weight excluding hydrogens is 288 g/mol.